The molecule has 2 N–H and O–H groups in total. The Morgan fingerprint density at radius 2 is 2.29 bits per heavy atom. The van der Waals surface area contributed by atoms with E-state index in [-0.39, 0.29) is 17.2 Å². The number of methoxy groups -OCH3 is 1. The molecule has 2 aromatic rings. The van der Waals surface area contributed by atoms with Crippen LogP contribution in [-0.4, -0.2) is 27.8 Å². The van der Waals surface area contributed by atoms with E-state index in [4.69, 9.17) is 5.73 Å². The van der Waals surface area contributed by atoms with E-state index in [0.717, 1.165) is 4.68 Å². The first-order valence-corrected chi connectivity index (χ1v) is 4.68. The van der Waals surface area contributed by atoms with Crippen molar-refractivity contribution in [2.75, 3.05) is 12.8 Å². The minimum Gasteiger partial charge on any atom is -0.465 e. The van der Waals surface area contributed by atoms with Crippen LogP contribution >= 0.6 is 0 Å². The van der Waals surface area contributed by atoms with Gasteiger partial charge in [-0.1, -0.05) is 6.07 Å². The highest BCUT2D eigenvalue weighted by atomic mass is 19.1. The smallest absolute Gasteiger partial charge is 0.343 e. The number of nitrogens with zero attached hydrogens (tertiary/aromatic N) is 3. The number of hydrogen-bond donors (Lipinski definition) is 1. The Morgan fingerprint density at radius 3 is 2.94 bits per heavy atom. The van der Waals surface area contributed by atoms with Crippen molar-refractivity contribution in [3.8, 4) is 5.82 Å². The fourth-order valence-electron chi connectivity index (χ4n) is 1.32. The Hall–Kier alpha value is -2.44. The van der Waals surface area contributed by atoms with Crippen molar-refractivity contribution in [3.63, 3.8) is 0 Å². The van der Waals surface area contributed by atoms with Crippen LogP contribution < -0.4 is 5.73 Å². The van der Waals surface area contributed by atoms with Crippen molar-refractivity contribution < 1.29 is 13.9 Å². The van der Waals surface area contributed by atoms with Crippen molar-refractivity contribution >= 4 is 11.8 Å². The number of aromatic nitrogens is 3. The molecule has 88 valence electrons. The lowest BCUT2D eigenvalue weighted by Gasteiger charge is -2.03. The highest BCUT2D eigenvalue weighted by Gasteiger charge is 2.16. The van der Waals surface area contributed by atoms with Gasteiger partial charge in [-0.15, -0.1) is 0 Å². The van der Waals surface area contributed by atoms with Crippen molar-refractivity contribution in [3.05, 3.63) is 35.9 Å². The lowest BCUT2D eigenvalue weighted by atomic mass is 10.3. The van der Waals surface area contributed by atoms with E-state index >= 15 is 0 Å². The molecule has 0 aliphatic rings. The zero-order valence-electron chi connectivity index (χ0n) is 8.92. The minimum absolute atomic E-state index is 0.0509. The van der Waals surface area contributed by atoms with Gasteiger partial charge in [0.2, 0.25) is 5.95 Å². The fraction of sp³-hybridized carbons (Fsp3) is 0.100. The molecule has 0 amide bonds. The maximum atomic E-state index is 12.9. The summed E-state index contributed by atoms with van der Waals surface area (Å²) in [6.07, 6.45) is 1.24. The van der Waals surface area contributed by atoms with E-state index in [0.29, 0.717) is 0 Å². The Kier molecular flexibility index (Phi) is 2.73. The van der Waals surface area contributed by atoms with E-state index < -0.39 is 11.9 Å². The first kappa shape index (κ1) is 11.1. The summed E-state index contributed by atoms with van der Waals surface area (Å²) in [7, 11) is 1.24. The molecule has 0 unspecified atom stereocenters. The SMILES string of the molecule is COC(=O)c1cnn(-c2cccc(F)n2)c1N. The van der Waals surface area contributed by atoms with E-state index in [2.05, 4.69) is 14.8 Å². The molecule has 2 heterocycles. The molecule has 2 aromatic heterocycles. The van der Waals surface area contributed by atoms with Crippen LogP contribution in [0.3, 0.4) is 0 Å². The van der Waals surface area contributed by atoms with Gasteiger partial charge >= 0.3 is 5.97 Å². The Labute approximate surface area is 95.8 Å². The van der Waals surface area contributed by atoms with Crippen LogP contribution in [-0.2, 0) is 4.74 Å². The van der Waals surface area contributed by atoms with Crippen molar-refractivity contribution in [1.29, 1.82) is 0 Å². The van der Waals surface area contributed by atoms with Gasteiger partial charge < -0.3 is 10.5 Å². The molecule has 0 bridgehead atoms. The van der Waals surface area contributed by atoms with Gasteiger partial charge in [0.05, 0.1) is 13.3 Å². The molecule has 0 aromatic carbocycles. The van der Waals surface area contributed by atoms with Gasteiger partial charge in [0.1, 0.15) is 11.4 Å². The number of carbonyl (C=O) groups excluding carboxylic acids is 1. The normalized spacial score (nSPS) is 10.2. The maximum absolute atomic E-state index is 12.9. The van der Waals surface area contributed by atoms with Crippen LogP contribution in [0.5, 0.6) is 0 Å². The van der Waals surface area contributed by atoms with Crippen molar-refractivity contribution in [2.24, 2.45) is 0 Å². The Morgan fingerprint density at radius 1 is 1.53 bits per heavy atom. The summed E-state index contributed by atoms with van der Waals surface area (Å²) in [5.41, 5.74) is 5.81. The topological polar surface area (TPSA) is 83.0 Å². The fourth-order valence-corrected chi connectivity index (χ4v) is 1.32. The number of anilines is 1. The molecular formula is C10H9FN4O2. The van der Waals surface area contributed by atoms with Gasteiger partial charge in [-0.25, -0.2) is 9.78 Å². The molecule has 7 heteroatoms. The summed E-state index contributed by atoms with van der Waals surface area (Å²) in [5, 5.41) is 3.86. The number of carbonyl (C=O) groups is 1. The van der Waals surface area contributed by atoms with Crippen molar-refractivity contribution in [1.82, 2.24) is 14.8 Å². The number of hydrogen-bond acceptors (Lipinski definition) is 5. The van der Waals surface area contributed by atoms with Gasteiger partial charge in [0.25, 0.3) is 0 Å². The lowest BCUT2D eigenvalue weighted by molar-refractivity contribution is 0.0602. The second kappa shape index (κ2) is 4.20. The van der Waals surface area contributed by atoms with Gasteiger partial charge in [0.15, 0.2) is 5.82 Å². The third-order valence-corrected chi connectivity index (χ3v) is 2.13. The first-order chi connectivity index (χ1) is 8.13. The lowest BCUT2D eigenvalue weighted by Crippen LogP contribution is -2.08. The number of nitrogen functional groups attached to an aromatic ring is 1. The third kappa shape index (κ3) is 1.94. The molecule has 0 atom stereocenters. The van der Waals surface area contributed by atoms with Crippen LogP contribution in [0.1, 0.15) is 10.4 Å². The molecule has 0 radical (unpaired) electrons. The zero-order chi connectivity index (χ0) is 12.4. The second-order valence-electron chi connectivity index (χ2n) is 3.17. The quantitative estimate of drug-likeness (QED) is 0.615. The van der Waals surface area contributed by atoms with Gasteiger partial charge in [0, 0.05) is 0 Å². The largest absolute Gasteiger partial charge is 0.465 e. The summed E-state index contributed by atoms with van der Waals surface area (Å²) >= 11 is 0. The molecule has 0 spiro atoms. The monoisotopic (exact) mass is 236 g/mol. The second-order valence-corrected chi connectivity index (χ2v) is 3.17. The molecule has 2 rings (SSSR count). The molecule has 0 saturated heterocycles. The van der Waals surface area contributed by atoms with Gasteiger partial charge in [-0.2, -0.15) is 14.2 Å². The van der Waals surface area contributed by atoms with Crippen LogP contribution in [0.25, 0.3) is 5.82 Å². The number of halogens is 1. The van der Waals surface area contributed by atoms with Crippen molar-refractivity contribution in [2.45, 2.75) is 0 Å². The molecule has 6 nitrogen and oxygen atoms in total. The third-order valence-electron chi connectivity index (χ3n) is 2.13. The van der Waals surface area contributed by atoms with Crippen LogP contribution in [0.15, 0.2) is 24.4 Å². The summed E-state index contributed by atoms with van der Waals surface area (Å²) in [5.74, 6) is -1.02. The zero-order valence-corrected chi connectivity index (χ0v) is 8.92. The summed E-state index contributed by atoms with van der Waals surface area (Å²) in [4.78, 5) is 14.9. The van der Waals surface area contributed by atoms with Gasteiger partial charge in [-0.3, -0.25) is 0 Å². The Balaban J connectivity index is 2.48. The summed E-state index contributed by atoms with van der Waals surface area (Å²) in [6.45, 7) is 0. The molecule has 17 heavy (non-hydrogen) atoms. The van der Waals surface area contributed by atoms with E-state index in [1.54, 1.807) is 0 Å². The standard InChI is InChI=1S/C10H9FN4O2/c1-17-10(16)6-5-13-15(9(6)12)8-4-2-3-7(11)14-8/h2-5H,12H2,1H3. The predicted octanol–water partition coefficient (Wildman–Crippen LogP) is 0.775. The molecule has 0 aliphatic heterocycles. The number of rotatable bonds is 2. The number of pyridine rings is 1. The molecule has 0 saturated carbocycles. The number of esters is 1. The first-order valence-electron chi connectivity index (χ1n) is 4.68. The minimum atomic E-state index is -0.656. The molecule has 0 fully saturated rings. The maximum Gasteiger partial charge on any atom is 0.343 e. The van der Waals surface area contributed by atoms with Gasteiger partial charge in [-0.05, 0) is 12.1 Å². The molecule has 0 aliphatic carbocycles. The van der Waals surface area contributed by atoms with Crippen LogP contribution in [0, 0.1) is 5.95 Å². The average molecular weight is 236 g/mol. The number of nitrogens with two attached hydrogens (primary N) is 1. The van der Waals surface area contributed by atoms with E-state index in [1.165, 1.54) is 31.5 Å². The van der Waals surface area contributed by atoms with E-state index in [1.807, 2.05) is 0 Å². The highest BCUT2D eigenvalue weighted by Crippen LogP contribution is 2.16. The summed E-state index contributed by atoms with van der Waals surface area (Å²) < 4.78 is 18.6. The summed E-state index contributed by atoms with van der Waals surface area (Å²) in [6, 6.07) is 4.19. The predicted molar refractivity (Wildman–Crippen MR) is 57.1 cm³/mol. The van der Waals surface area contributed by atoms with E-state index in [9.17, 15) is 9.18 Å². The molecular weight excluding hydrogens is 227 g/mol. The number of ether oxygens (including phenoxy) is 1. The highest BCUT2D eigenvalue weighted by molar-refractivity contribution is 5.94. The van der Waals surface area contributed by atoms with Crippen LogP contribution in [0.4, 0.5) is 10.2 Å². The Bertz CT molecular complexity index is 567. The van der Waals surface area contributed by atoms with Crippen LogP contribution in [0.2, 0.25) is 0 Å². The average Bonchev–Trinajstić information content (AvgIpc) is 2.70.